The zero-order valence-corrected chi connectivity index (χ0v) is 17.0. The highest BCUT2D eigenvalue weighted by atomic mass is 19.1. The average Bonchev–Trinajstić information content (AvgIpc) is 2.98. The number of carbonyl (C=O) groups is 1. The van der Waals surface area contributed by atoms with Gasteiger partial charge in [-0.15, -0.1) is 0 Å². The maximum atomic E-state index is 13.2. The summed E-state index contributed by atoms with van der Waals surface area (Å²) < 4.78 is 18.5. The van der Waals surface area contributed by atoms with Crippen molar-refractivity contribution in [1.29, 1.82) is 0 Å². The van der Waals surface area contributed by atoms with E-state index >= 15 is 0 Å². The molecular weight excluding hydrogens is 357 g/mol. The number of benzene rings is 1. The number of ether oxygens (including phenoxy) is 1. The molecule has 28 heavy (non-hydrogen) atoms. The molecule has 0 spiro atoms. The van der Waals surface area contributed by atoms with E-state index in [9.17, 15) is 9.18 Å². The van der Waals surface area contributed by atoms with Crippen molar-refractivity contribution in [3.05, 3.63) is 30.1 Å². The first-order valence-electron chi connectivity index (χ1n) is 10.7. The third-order valence-electron chi connectivity index (χ3n) is 6.98. The van der Waals surface area contributed by atoms with Crippen LogP contribution in [0.4, 0.5) is 14.9 Å². The first kappa shape index (κ1) is 19.5. The Balaban J connectivity index is 1.31. The molecule has 1 aromatic carbocycles. The quantitative estimate of drug-likeness (QED) is 0.783. The third kappa shape index (κ3) is 3.84. The number of anilines is 1. The molecule has 0 N–H and O–H groups in total. The number of rotatable bonds is 4. The summed E-state index contributed by atoms with van der Waals surface area (Å²) in [7, 11) is 2.12. The zero-order valence-electron chi connectivity index (χ0n) is 17.0. The topological polar surface area (TPSA) is 36.0 Å². The van der Waals surface area contributed by atoms with Gasteiger partial charge >= 0.3 is 6.09 Å². The largest absolute Gasteiger partial charge is 0.450 e. The highest BCUT2D eigenvalue weighted by Gasteiger charge is 2.45. The summed E-state index contributed by atoms with van der Waals surface area (Å²) in [6.45, 7) is 4.52. The second-order valence-corrected chi connectivity index (χ2v) is 8.47. The van der Waals surface area contributed by atoms with E-state index in [1.54, 1.807) is 0 Å². The first-order valence-corrected chi connectivity index (χ1v) is 10.7. The van der Waals surface area contributed by atoms with E-state index in [0.29, 0.717) is 30.8 Å². The molecule has 0 saturated carbocycles. The van der Waals surface area contributed by atoms with Crippen LogP contribution in [-0.4, -0.2) is 66.8 Å². The van der Waals surface area contributed by atoms with Gasteiger partial charge in [0.2, 0.25) is 0 Å². The van der Waals surface area contributed by atoms with Gasteiger partial charge < -0.3 is 19.4 Å². The fraction of sp³-hybridized carbons (Fsp3) is 0.682. The van der Waals surface area contributed by atoms with Gasteiger partial charge in [-0.2, -0.15) is 0 Å². The van der Waals surface area contributed by atoms with E-state index in [1.165, 1.54) is 12.1 Å². The molecule has 2 atom stereocenters. The van der Waals surface area contributed by atoms with Crippen LogP contribution in [0.1, 0.15) is 45.4 Å². The minimum atomic E-state index is -0.184. The van der Waals surface area contributed by atoms with Crippen LogP contribution in [-0.2, 0) is 4.74 Å². The van der Waals surface area contributed by atoms with E-state index < -0.39 is 0 Å². The van der Waals surface area contributed by atoms with Gasteiger partial charge in [-0.25, -0.2) is 9.18 Å². The standard InChI is InChI=1S/C22H32FN3O2/c1-3-28-22(27)26-19-8-9-20(26)15-21(14-19)25-12-10-18(11-13-25)24(2)17-6-4-16(23)5-7-17/h4-7,18-21H,3,8-15H2,1-2H3. The second-order valence-electron chi connectivity index (χ2n) is 8.47. The molecule has 0 aliphatic carbocycles. The maximum Gasteiger partial charge on any atom is 0.410 e. The predicted octanol–water partition coefficient (Wildman–Crippen LogP) is 3.88. The number of nitrogens with zero attached hydrogens (tertiary/aromatic N) is 3. The maximum absolute atomic E-state index is 13.2. The number of hydrogen-bond donors (Lipinski definition) is 0. The number of hydrogen-bond acceptors (Lipinski definition) is 4. The van der Waals surface area contributed by atoms with Crippen LogP contribution >= 0.6 is 0 Å². The molecule has 5 nitrogen and oxygen atoms in total. The molecule has 0 aromatic heterocycles. The molecule has 1 amide bonds. The highest BCUT2D eigenvalue weighted by Crippen LogP contribution is 2.39. The fourth-order valence-corrected chi connectivity index (χ4v) is 5.47. The fourth-order valence-electron chi connectivity index (χ4n) is 5.47. The van der Waals surface area contributed by atoms with Gasteiger partial charge in [-0.05, 0) is 69.7 Å². The van der Waals surface area contributed by atoms with Crippen molar-refractivity contribution in [1.82, 2.24) is 9.80 Å². The minimum absolute atomic E-state index is 0.118. The molecule has 154 valence electrons. The lowest BCUT2D eigenvalue weighted by Gasteiger charge is -2.46. The van der Waals surface area contributed by atoms with Crippen molar-refractivity contribution in [2.75, 3.05) is 31.6 Å². The summed E-state index contributed by atoms with van der Waals surface area (Å²) >= 11 is 0. The Morgan fingerprint density at radius 3 is 2.25 bits per heavy atom. The summed E-state index contributed by atoms with van der Waals surface area (Å²) in [5, 5.41) is 0. The summed E-state index contributed by atoms with van der Waals surface area (Å²) in [5.41, 5.74) is 1.08. The van der Waals surface area contributed by atoms with Crippen LogP contribution in [0.25, 0.3) is 0 Å². The molecule has 3 saturated heterocycles. The van der Waals surface area contributed by atoms with Crippen molar-refractivity contribution in [3.8, 4) is 0 Å². The van der Waals surface area contributed by atoms with Crippen molar-refractivity contribution in [2.45, 2.75) is 69.6 Å². The Morgan fingerprint density at radius 1 is 1.07 bits per heavy atom. The van der Waals surface area contributed by atoms with Crippen molar-refractivity contribution >= 4 is 11.8 Å². The van der Waals surface area contributed by atoms with E-state index in [1.807, 2.05) is 24.0 Å². The van der Waals surface area contributed by atoms with E-state index in [4.69, 9.17) is 4.74 Å². The SMILES string of the molecule is CCOC(=O)N1C2CCC1CC(N1CCC(N(C)c3ccc(F)cc3)CC1)C2. The van der Waals surface area contributed by atoms with Gasteiger partial charge in [-0.3, -0.25) is 0 Å². The average molecular weight is 390 g/mol. The van der Waals surface area contributed by atoms with Crippen molar-refractivity contribution < 1.29 is 13.9 Å². The Bertz CT molecular complexity index is 661. The molecule has 1 aromatic rings. The Labute approximate surface area is 167 Å². The normalized spacial score (nSPS) is 28.4. The molecular formula is C22H32FN3O2. The summed E-state index contributed by atoms with van der Waals surface area (Å²) in [4.78, 5) is 19.2. The number of likely N-dealkylation sites (tertiary alicyclic amines) is 1. The van der Waals surface area contributed by atoms with Crippen LogP contribution in [0.15, 0.2) is 24.3 Å². The van der Waals surface area contributed by atoms with Crippen LogP contribution < -0.4 is 4.90 Å². The van der Waals surface area contributed by atoms with E-state index in [-0.39, 0.29) is 11.9 Å². The Morgan fingerprint density at radius 2 is 1.68 bits per heavy atom. The predicted molar refractivity (Wildman–Crippen MR) is 108 cm³/mol. The zero-order chi connectivity index (χ0) is 19.7. The molecule has 2 bridgehead atoms. The number of halogens is 1. The number of amides is 1. The van der Waals surface area contributed by atoms with Gasteiger partial charge in [0.1, 0.15) is 5.82 Å². The lowest BCUT2D eigenvalue weighted by atomic mass is 9.93. The van der Waals surface area contributed by atoms with E-state index in [2.05, 4.69) is 16.8 Å². The van der Waals surface area contributed by atoms with Crippen LogP contribution in [0.3, 0.4) is 0 Å². The van der Waals surface area contributed by atoms with Gasteiger partial charge in [-0.1, -0.05) is 0 Å². The molecule has 6 heteroatoms. The number of piperidine rings is 2. The Kier molecular flexibility index (Phi) is 5.76. The van der Waals surface area contributed by atoms with E-state index in [0.717, 1.165) is 57.3 Å². The first-order chi connectivity index (χ1) is 13.6. The van der Waals surface area contributed by atoms with Gasteiger partial charge in [0, 0.05) is 50.0 Å². The van der Waals surface area contributed by atoms with Crippen molar-refractivity contribution in [2.24, 2.45) is 0 Å². The lowest BCUT2D eigenvalue weighted by Crippen LogP contribution is -2.55. The van der Waals surface area contributed by atoms with Crippen LogP contribution in [0.2, 0.25) is 0 Å². The third-order valence-corrected chi connectivity index (χ3v) is 6.98. The molecule has 3 heterocycles. The smallest absolute Gasteiger partial charge is 0.410 e. The monoisotopic (exact) mass is 389 g/mol. The Hall–Kier alpha value is -1.82. The van der Waals surface area contributed by atoms with Gasteiger partial charge in [0.05, 0.1) is 6.61 Å². The van der Waals surface area contributed by atoms with Gasteiger partial charge in [0.15, 0.2) is 0 Å². The van der Waals surface area contributed by atoms with Gasteiger partial charge in [0.25, 0.3) is 0 Å². The summed E-state index contributed by atoms with van der Waals surface area (Å²) in [5.74, 6) is -0.184. The van der Waals surface area contributed by atoms with Crippen molar-refractivity contribution in [3.63, 3.8) is 0 Å². The number of carbonyl (C=O) groups excluding carboxylic acids is 1. The minimum Gasteiger partial charge on any atom is -0.450 e. The summed E-state index contributed by atoms with van der Waals surface area (Å²) in [6.07, 6.45) is 6.52. The summed E-state index contributed by atoms with van der Waals surface area (Å²) in [6, 6.07) is 8.58. The molecule has 3 aliphatic heterocycles. The number of fused-ring (bicyclic) bond motifs is 2. The van der Waals surface area contributed by atoms with Crippen LogP contribution in [0, 0.1) is 5.82 Å². The molecule has 3 fully saturated rings. The molecule has 4 rings (SSSR count). The molecule has 2 unspecified atom stereocenters. The molecule has 3 aliphatic rings. The van der Waals surface area contributed by atoms with Crippen LogP contribution in [0.5, 0.6) is 0 Å². The lowest BCUT2D eigenvalue weighted by molar-refractivity contribution is 0.0342. The second kappa shape index (κ2) is 8.27. The molecule has 0 radical (unpaired) electrons. The highest BCUT2D eigenvalue weighted by molar-refractivity contribution is 5.69.